The van der Waals surface area contributed by atoms with Crippen molar-refractivity contribution in [1.29, 1.82) is 0 Å². The molecule has 0 aliphatic rings. The van der Waals surface area contributed by atoms with E-state index in [2.05, 4.69) is 15.3 Å². The van der Waals surface area contributed by atoms with Gasteiger partial charge in [0.1, 0.15) is 5.02 Å². The molecule has 1 aromatic heterocycles. The highest BCUT2D eigenvalue weighted by molar-refractivity contribution is 6.32. The van der Waals surface area contributed by atoms with Crippen LogP contribution in [0.5, 0.6) is 0 Å². The molecule has 2 aromatic rings. The molecule has 92 valence electrons. The van der Waals surface area contributed by atoms with E-state index in [0.717, 1.165) is 5.69 Å². The molecule has 0 atom stereocenters. The molecule has 2 rings (SSSR count). The number of nitrogens with one attached hydrogen (secondary N) is 1. The van der Waals surface area contributed by atoms with Crippen LogP contribution < -0.4 is 5.32 Å². The van der Waals surface area contributed by atoms with Crippen LogP contribution in [-0.2, 0) is 6.54 Å². The van der Waals surface area contributed by atoms with Crippen LogP contribution in [0, 0.1) is 10.1 Å². The molecular formula is C11H9ClN4O2. The maximum atomic E-state index is 10.7. The monoisotopic (exact) mass is 264 g/mol. The third-order valence-corrected chi connectivity index (χ3v) is 2.55. The normalized spacial score (nSPS) is 10.1. The van der Waals surface area contributed by atoms with Gasteiger partial charge in [0, 0.05) is 24.1 Å². The molecule has 1 N–H and O–H groups in total. The first kappa shape index (κ1) is 12.3. The highest BCUT2D eigenvalue weighted by Gasteiger charge is 2.12. The van der Waals surface area contributed by atoms with Crippen LogP contribution in [0.3, 0.4) is 0 Å². The summed E-state index contributed by atoms with van der Waals surface area (Å²) in [7, 11) is 0. The fourth-order valence-electron chi connectivity index (χ4n) is 1.38. The molecule has 0 aliphatic carbocycles. The number of benzene rings is 1. The van der Waals surface area contributed by atoms with Crippen LogP contribution in [-0.4, -0.2) is 14.9 Å². The molecule has 6 nitrogen and oxygen atoms in total. The standard InChI is InChI=1S/C11H9ClN4O2/c12-10-2-1-8(5-11(10)16(17)18)15-7-9-6-13-3-4-14-9/h1-6,15H,7H2. The van der Waals surface area contributed by atoms with Crippen molar-refractivity contribution in [2.75, 3.05) is 5.32 Å². The zero-order valence-electron chi connectivity index (χ0n) is 9.21. The van der Waals surface area contributed by atoms with E-state index in [-0.39, 0.29) is 10.7 Å². The number of nitrogens with zero attached hydrogens (tertiary/aromatic N) is 3. The van der Waals surface area contributed by atoms with Gasteiger partial charge in [0.15, 0.2) is 0 Å². The second kappa shape index (κ2) is 5.42. The summed E-state index contributed by atoms with van der Waals surface area (Å²) < 4.78 is 0. The van der Waals surface area contributed by atoms with Gasteiger partial charge in [0.25, 0.3) is 5.69 Å². The molecule has 0 fully saturated rings. The Hall–Kier alpha value is -2.21. The van der Waals surface area contributed by atoms with Gasteiger partial charge in [-0.05, 0) is 12.1 Å². The third kappa shape index (κ3) is 2.92. The molecule has 0 unspecified atom stereocenters. The van der Waals surface area contributed by atoms with Crippen molar-refractivity contribution in [3.8, 4) is 0 Å². The maximum Gasteiger partial charge on any atom is 0.289 e. The molecule has 1 aromatic carbocycles. The average Bonchev–Trinajstić information content (AvgIpc) is 2.38. The van der Waals surface area contributed by atoms with Gasteiger partial charge < -0.3 is 5.32 Å². The summed E-state index contributed by atoms with van der Waals surface area (Å²) >= 11 is 5.72. The molecule has 0 saturated carbocycles. The van der Waals surface area contributed by atoms with Gasteiger partial charge in [-0.25, -0.2) is 0 Å². The fraction of sp³-hybridized carbons (Fsp3) is 0.0909. The van der Waals surface area contributed by atoms with E-state index in [1.165, 1.54) is 12.1 Å². The molecule has 0 bridgehead atoms. The molecule has 0 spiro atoms. The first-order valence-corrected chi connectivity index (χ1v) is 5.47. The van der Waals surface area contributed by atoms with Crippen LogP contribution in [0.2, 0.25) is 5.02 Å². The van der Waals surface area contributed by atoms with Gasteiger partial charge >= 0.3 is 0 Å². The Bertz CT molecular complexity index is 562. The molecule has 0 aliphatic heterocycles. The maximum absolute atomic E-state index is 10.7. The second-order valence-electron chi connectivity index (χ2n) is 3.47. The van der Waals surface area contributed by atoms with Gasteiger partial charge in [0.05, 0.1) is 23.4 Å². The quantitative estimate of drug-likeness (QED) is 0.678. The molecule has 0 amide bonds. The minimum absolute atomic E-state index is 0.116. The van der Waals surface area contributed by atoms with Crippen LogP contribution >= 0.6 is 11.6 Å². The number of hydrogen-bond acceptors (Lipinski definition) is 5. The van der Waals surface area contributed by atoms with Crippen molar-refractivity contribution in [3.05, 3.63) is 57.6 Å². The van der Waals surface area contributed by atoms with Gasteiger partial charge in [-0.2, -0.15) is 0 Å². The highest BCUT2D eigenvalue weighted by Crippen LogP contribution is 2.27. The summed E-state index contributed by atoms with van der Waals surface area (Å²) in [6.45, 7) is 0.437. The molecule has 0 saturated heterocycles. The zero-order chi connectivity index (χ0) is 13.0. The summed E-state index contributed by atoms with van der Waals surface area (Å²) in [5.41, 5.74) is 1.23. The zero-order valence-corrected chi connectivity index (χ0v) is 9.96. The molecule has 1 heterocycles. The number of nitro groups is 1. The summed E-state index contributed by atoms with van der Waals surface area (Å²) in [5, 5.41) is 13.9. The van der Waals surface area contributed by atoms with E-state index in [9.17, 15) is 10.1 Å². The summed E-state index contributed by atoms with van der Waals surface area (Å²) in [6.07, 6.45) is 4.79. The van der Waals surface area contributed by atoms with Crippen molar-refractivity contribution in [3.63, 3.8) is 0 Å². The molecule has 18 heavy (non-hydrogen) atoms. The number of halogens is 1. The Labute approximate surface area is 108 Å². The summed E-state index contributed by atoms with van der Waals surface area (Å²) in [4.78, 5) is 18.2. The van der Waals surface area contributed by atoms with Gasteiger partial charge in [-0.3, -0.25) is 20.1 Å². The summed E-state index contributed by atoms with van der Waals surface area (Å²) in [5.74, 6) is 0. The van der Waals surface area contributed by atoms with Crippen LogP contribution in [0.4, 0.5) is 11.4 Å². The molecule has 7 heteroatoms. The lowest BCUT2D eigenvalue weighted by molar-refractivity contribution is -0.384. The lowest BCUT2D eigenvalue weighted by Crippen LogP contribution is -2.02. The fourth-order valence-corrected chi connectivity index (χ4v) is 1.56. The van der Waals surface area contributed by atoms with Crippen molar-refractivity contribution < 1.29 is 4.92 Å². The van der Waals surface area contributed by atoms with Crippen LogP contribution in [0.15, 0.2) is 36.8 Å². The Balaban J connectivity index is 2.11. The number of aromatic nitrogens is 2. The second-order valence-corrected chi connectivity index (χ2v) is 3.88. The minimum Gasteiger partial charge on any atom is -0.379 e. The van der Waals surface area contributed by atoms with E-state index >= 15 is 0 Å². The predicted octanol–water partition coefficient (Wildman–Crippen LogP) is 2.65. The van der Waals surface area contributed by atoms with Gasteiger partial charge in [-0.15, -0.1) is 0 Å². The Morgan fingerprint density at radius 2 is 2.22 bits per heavy atom. The largest absolute Gasteiger partial charge is 0.379 e. The van der Waals surface area contributed by atoms with Crippen LogP contribution in [0.1, 0.15) is 5.69 Å². The molecular weight excluding hydrogens is 256 g/mol. The Morgan fingerprint density at radius 3 is 2.89 bits per heavy atom. The number of hydrogen-bond donors (Lipinski definition) is 1. The predicted molar refractivity (Wildman–Crippen MR) is 67.5 cm³/mol. The third-order valence-electron chi connectivity index (χ3n) is 2.23. The topological polar surface area (TPSA) is 81.0 Å². The van der Waals surface area contributed by atoms with Gasteiger partial charge in [-0.1, -0.05) is 11.6 Å². The highest BCUT2D eigenvalue weighted by atomic mass is 35.5. The van der Waals surface area contributed by atoms with E-state index in [0.29, 0.717) is 12.2 Å². The van der Waals surface area contributed by atoms with Gasteiger partial charge in [0.2, 0.25) is 0 Å². The SMILES string of the molecule is O=[N+]([O-])c1cc(NCc2cnccn2)ccc1Cl. The molecule has 0 radical (unpaired) electrons. The van der Waals surface area contributed by atoms with Crippen molar-refractivity contribution in [2.45, 2.75) is 6.54 Å². The van der Waals surface area contributed by atoms with E-state index in [1.54, 1.807) is 24.7 Å². The van der Waals surface area contributed by atoms with Crippen molar-refractivity contribution in [1.82, 2.24) is 9.97 Å². The van der Waals surface area contributed by atoms with Crippen molar-refractivity contribution >= 4 is 23.0 Å². The van der Waals surface area contributed by atoms with Crippen LogP contribution in [0.25, 0.3) is 0 Å². The first-order chi connectivity index (χ1) is 8.66. The van der Waals surface area contributed by atoms with E-state index in [4.69, 9.17) is 11.6 Å². The number of anilines is 1. The average molecular weight is 265 g/mol. The number of rotatable bonds is 4. The Kier molecular flexibility index (Phi) is 3.69. The first-order valence-electron chi connectivity index (χ1n) is 5.09. The number of nitro benzene ring substituents is 1. The lowest BCUT2D eigenvalue weighted by Gasteiger charge is -2.05. The Morgan fingerprint density at radius 1 is 1.39 bits per heavy atom. The summed E-state index contributed by atoms with van der Waals surface area (Å²) in [6, 6.07) is 4.54. The minimum atomic E-state index is -0.518. The van der Waals surface area contributed by atoms with E-state index < -0.39 is 4.92 Å². The lowest BCUT2D eigenvalue weighted by atomic mass is 10.2. The smallest absolute Gasteiger partial charge is 0.289 e. The van der Waals surface area contributed by atoms with Crippen molar-refractivity contribution in [2.24, 2.45) is 0 Å². The van der Waals surface area contributed by atoms with E-state index in [1.807, 2.05) is 0 Å².